The van der Waals surface area contributed by atoms with Crippen molar-refractivity contribution in [2.24, 2.45) is 11.8 Å². The first-order valence-corrected chi connectivity index (χ1v) is 5.92. The first-order chi connectivity index (χ1) is 8.28. The number of ether oxygens (including phenoxy) is 1. The molecule has 0 radical (unpaired) electrons. The van der Waals surface area contributed by atoms with E-state index in [0.29, 0.717) is 17.6 Å². The maximum atomic E-state index is 5.34. The fourth-order valence-electron chi connectivity index (χ4n) is 1.95. The Morgan fingerprint density at radius 1 is 1.47 bits per heavy atom. The number of aryl methyl sites for hydroxylation is 1. The van der Waals surface area contributed by atoms with E-state index in [2.05, 4.69) is 20.7 Å². The van der Waals surface area contributed by atoms with Gasteiger partial charge in [0.1, 0.15) is 17.5 Å². The summed E-state index contributed by atoms with van der Waals surface area (Å²) in [6.07, 6.45) is 2.27. The van der Waals surface area contributed by atoms with Gasteiger partial charge in [-0.3, -0.25) is 0 Å². The normalized spacial score (nSPS) is 19.3. The zero-order valence-electron chi connectivity index (χ0n) is 10.1. The Morgan fingerprint density at radius 3 is 3.00 bits per heavy atom. The van der Waals surface area contributed by atoms with Crippen LogP contribution in [0.15, 0.2) is 6.07 Å². The lowest BCUT2D eigenvalue weighted by atomic mass is 10.1. The Labute approximate surface area is 101 Å². The Bertz CT molecular complexity index is 365. The predicted octanol–water partition coefficient (Wildman–Crippen LogP) is 0.909. The smallest absolute Gasteiger partial charge is 0.145 e. The quantitative estimate of drug-likeness (QED) is 0.521. The van der Waals surface area contributed by atoms with E-state index in [1.807, 2.05) is 6.92 Å². The van der Waals surface area contributed by atoms with Gasteiger partial charge < -0.3 is 15.5 Å². The molecule has 1 aliphatic rings. The summed E-state index contributed by atoms with van der Waals surface area (Å²) in [4.78, 5) is 8.43. The molecule has 1 unspecified atom stereocenters. The van der Waals surface area contributed by atoms with Crippen molar-refractivity contribution < 1.29 is 4.74 Å². The molecule has 6 nitrogen and oxygen atoms in total. The van der Waals surface area contributed by atoms with Crippen LogP contribution in [0.3, 0.4) is 0 Å². The van der Waals surface area contributed by atoms with Gasteiger partial charge in [-0.2, -0.15) is 0 Å². The van der Waals surface area contributed by atoms with Crippen LogP contribution < -0.4 is 16.6 Å². The van der Waals surface area contributed by atoms with Crippen LogP contribution in [0.1, 0.15) is 18.7 Å². The molecule has 17 heavy (non-hydrogen) atoms. The Hall–Kier alpha value is -1.40. The summed E-state index contributed by atoms with van der Waals surface area (Å²) in [6, 6.07) is 1.80. The highest BCUT2D eigenvalue weighted by atomic mass is 16.5. The van der Waals surface area contributed by atoms with Crippen molar-refractivity contribution >= 4 is 11.6 Å². The summed E-state index contributed by atoms with van der Waals surface area (Å²) in [5.41, 5.74) is 2.53. The van der Waals surface area contributed by atoms with Gasteiger partial charge in [-0.25, -0.2) is 15.8 Å². The maximum absolute atomic E-state index is 5.34. The van der Waals surface area contributed by atoms with Gasteiger partial charge in [-0.1, -0.05) is 0 Å². The highest BCUT2D eigenvalue weighted by molar-refractivity contribution is 5.46. The maximum Gasteiger partial charge on any atom is 0.145 e. The van der Waals surface area contributed by atoms with Gasteiger partial charge in [0.05, 0.1) is 0 Å². The van der Waals surface area contributed by atoms with E-state index in [1.165, 1.54) is 6.42 Å². The van der Waals surface area contributed by atoms with Crippen molar-refractivity contribution in [1.29, 1.82) is 0 Å². The Kier molecular flexibility index (Phi) is 4.11. The number of nitrogens with zero attached hydrogens (tertiary/aromatic N) is 2. The summed E-state index contributed by atoms with van der Waals surface area (Å²) < 4.78 is 5.34. The van der Waals surface area contributed by atoms with E-state index >= 15 is 0 Å². The number of hydrogen-bond donors (Lipinski definition) is 3. The second-order valence-corrected chi connectivity index (χ2v) is 4.28. The van der Waals surface area contributed by atoms with Gasteiger partial charge in [-0.05, 0) is 25.7 Å². The summed E-state index contributed by atoms with van der Waals surface area (Å²) in [6.45, 7) is 4.53. The van der Waals surface area contributed by atoms with Gasteiger partial charge in [0.15, 0.2) is 0 Å². The molecule has 1 atom stereocenters. The minimum atomic E-state index is 0.629. The average molecular weight is 237 g/mol. The van der Waals surface area contributed by atoms with Crippen molar-refractivity contribution in [3.8, 4) is 0 Å². The number of hydrazine groups is 1. The topological polar surface area (TPSA) is 85.1 Å². The SMILES string of the molecule is Cc1nc(NN)cc(NCCC2CCOC2)n1. The fourth-order valence-corrected chi connectivity index (χ4v) is 1.95. The largest absolute Gasteiger partial charge is 0.381 e. The van der Waals surface area contributed by atoms with Crippen molar-refractivity contribution in [3.05, 3.63) is 11.9 Å². The van der Waals surface area contributed by atoms with Crippen molar-refractivity contribution in [2.45, 2.75) is 19.8 Å². The number of aromatic nitrogens is 2. The lowest BCUT2D eigenvalue weighted by molar-refractivity contribution is 0.185. The first-order valence-electron chi connectivity index (χ1n) is 5.92. The molecule has 94 valence electrons. The van der Waals surface area contributed by atoms with Crippen LogP contribution >= 0.6 is 0 Å². The standard InChI is InChI=1S/C11H19N5O/c1-8-14-10(6-11(15-8)16-12)13-4-2-9-3-5-17-7-9/h6,9H,2-5,7,12H2,1H3,(H2,13,14,15,16). The zero-order valence-corrected chi connectivity index (χ0v) is 10.1. The third-order valence-corrected chi connectivity index (χ3v) is 2.87. The second kappa shape index (κ2) is 5.79. The van der Waals surface area contributed by atoms with Crippen molar-refractivity contribution in [3.63, 3.8) is 0 Å². The lowest BCUT2D eigenvalue weighted by Crippen LogP contribution is -2.13. The van der Waals surface area contributed by atoms with E-state index in [0.717, 1.165) is 32.0 Å². The summed E-state index contributed by atoms with van der Waals surface area (Å²) >= 11 is 0. The Morgan fingerprint density at radius 2 is 2.29 bits per heavy atom. The molecule has 0 bridgehead atoms. The summed E-state index contributed by atoms with van der Waals surface area (Å²) in [5.74, 6) is 8.15. The zero-order chi connectivity index (χ0) is 12.1. The molecule has 0 saturated carbocycles. The first kappa shape index (κ1) is 12.1. The third kappa shape index (κ3) is 3.54. The monoisotopic (exact) mass is 237 g/mol. The van der Waals surface area contributed by atoms with Crippen molar-refractivity contribution in [2.75, 3.05) is 30.5 Å². The van der Waals surface area contributed by atoms with Gasteiger partial charge in [0.25, 0.3) is 0 Å². The van der Waals surface area contributed by atoms with Gasteiger partial charge in [-0.15, -0.1) is 0 Å². The molecule has 0 spiro atoms. The molecule has 6 heteroatoms. The molecule has 0 amide bonds. The molecule has 4 N–H and O–H groups in total. The van der Waals surface area contributed by atoms with E-state index in [-0.39, 0.29) is 0 Å². The second-order valence-electron chi connectivity index (χ2n) is 4.28. The highest BCUT2D eigenvalue weighted by Crippen LogP contribution is 2.16. The number of anilines is 2. The van der Waals surface area contributed by atoms with Gasteiger partial charge >= 0.3 is 0 Å². The van der Waals surface area contributed by atoms with Crippen LogP contribution in [0.5, 0.6) is 0 Å². The van der Waals surface area contributed by atoms with Crippen LogP contribution in [0.25, 0.3) is 0 Å². The summed E-state index contributed by atoms with van der Waals surface area (Å²) in [7, 11) is 0. The van der Waals surface area contributed by atoms with Crippen molar-refractivity contribution in [1.82, 2.24) is 9.97 Å². The van der Waals surface area contributed by atoms with E-state index in [4.69, 9.17) is 10.6 Å². The number of nitrogen functional groups attached to an aromatic ring is 1. The molecule has 2 rings (SSSR count). The van der Waals surface area contributed by atoms with Crippen LogP contribution in [0, 0.1) is 12.8 Å². The fraction of sp³-hybridized carbons (Fsp3) is 0.636. The Balaban J connectivity index is 1.83. The molecule has 1 aromatic heterocycles. The molecule has 0 aromatic carbocycles. The van der Waals surface area contributed by atoms with Gasteiger partial charge in [0.2, 0.25) is 0 Å². The van der Waals surface area contributed by atoms with Gasteiger partial charge in [0, 0.05) is 25.8 Å². The number of nitrogens with one attached hydrogen (secondary N) is 2. The molecule has 1 aromatic rings. The average Bonchev–Trinajstić information content (AvgIpc) is 2.81. The third-order valence-electron chi connectivity index (χ3n) is 2.87. The molecular weight excluding hydrogens is 218 g/mol. The number of hydrogen-bond acceptors (Lipinski definition) is 6. The van der Waals surface area contributed by atoms with E-state index in [9.17, 15) is 0 Å². The lowest BCUT2D eigenvalue weighted by Gasteiger charge is -2.10. The van der Waals surface area contributed by atoms with Crippen LogP contribution in [-0.4, -0.2) is 29.7 Å². The molecule has 1 fully saturated rings. The highest BCUT2D eigenvalue weighted by Gasteiger charge is 2.14. The van der Waals surface area contributed by atoms with E-state index in [1.54, 1.807) is 6.07 Å². The predicted molar refractivity (Wildman–Crippen MR) is 66.6 cm³/mol. The molecule has 1 saturated heterocycles. The minimum Gasteiger partial charge on any atom is -0.381 e. The van der Waals surface area contributed by atoms with E-state index < -0.39 is 0 Å². The molecule has 2 heterocycles. The van der Waals surface area contributed by atoms with Crippen LogP contribution in [-0.2, 0) is 4.74 Å². The minimum absolute atomic E-state index is 0.629. The van der Waals surface area contributed by atoms with Crippen LogP contribution in [0.2, 0.25) is 0 Å². The molecule has 1 aliphatic heterocycles. The molecule has 0 aliphatic carbocycles. The molecular formula is C11H19N5O. The van der Waals surface area contributed by atoms with Crippen LogP contribution in [0.4, 0.5) is 11.6 Å². The summed E-state index contributed by atoms with van der Waals surface area (Å²) in [5, 5.41) is 3.28. The number of rotatable bonds is 5. The number of nitrogens with two attached hydrogens (primary N) is 1.